The van der Waals surface area contributed by atoms with Gasteiger partial charge in [-0.2, -0.15) is 0 Å². The van der Waals surface area contributed by atoms with E-state index in [1.54, 1.807) is 0 Å². The Morgan fingerprint density at radius 3 is 2.83 bits per heavy atom. The van der Waals surface area contributed by atoms with Gasteiger partial charge in [-0.1, -0.05) is 30.5 Å². The summed E-state index contributed by atoms with van der Waals surface area (Å²) in [4.78, 5) is 16.4. The molecule has 1 heterocycles. The maximum Gasteiger partial charge on any atom is 0.294 e. The number of unbranched alkanes of at least 4 members (excludes halogenated alkanes) is 3. The van der Waals surface area contributed by atoms with Gasteiger partial charge in [0.2, 0.25) is 0 Å². The first-order valence-electron chi connectivity index (χ1n) is 7.79. The number of rotatable bonds is 9. The van der Waals surface area contributed by atoms with Crippen LogP contribution in [0.3, 0.4) is 0 Å². The Kier molecular flexibility index (Phi) is 9.38. The second-order valence-electron chi connectivity index (χ2n) is 5.56. The normalized spacial score (nSPS) is 15.6. The fraction of sp³-hybridized carbons (Fsp3) is 0.500. The van der Waals surface area contributed by atoms with Gasteiger partial charge < -0.3 is 15.1 Å². The summed E-state index contributed by atoms with van der Waals surface area (Å²) in [6.07, 6.45) is 7.90. The minimum atomic E-state index is -0.738. The Balaban J connectivity index is 0.00000288. The summed E-state index contributed by atoms with van der Waals surface area (Å²) < 4.78 is 0. The third-order valence-corrected chi connectivity index (χ3v) is 4.08. The molecule has 0 aliphatic carbocycles. The molecule has 1 aromatic rings. The molecule has 24 heavy (non-hydrogen) atoms. The molecule has 1 aromatic carbocycles. The van der Waals surface area contributed by atoms with Crippen LogP contribution in [0.2, 0.25) is 5.02 Å². The van der Waals surface area contributed by atoms with Crippen molar-refractivity contribution in [2.45, 2.75) is 31.7 Å². The summed E-state index contributed by atoms with van der Waals surface area (Å²) in [6.45, 7) is 1.09. The van der Waals surface area contributed by atoms with E-state index >= 15 is 0 Å². The van der Waals surface area contributed by atoms with Gasteiger partial charge in [-0.3, -0.25) is 0 Å². The molecule has 0 fully saturated rings. The van der Waals surface area contributed by atoms with Gasteiger partial charge in [-0.15, -0.1) is 34.1 Å². The lowest BCUT2D eigenvalue weighted by Gasteiger charge is -2.28. The maximum atomic E-state index is 10.0. The highest BCUT2D eigenvalue weighted by molar-refractivity contribution is 14.0. The highest BCUT2D eigenvalue weighted by Crippen LogP contribution is 2.33. The third-order valence-electron chi connectivity index (χ3n) is 3.84. The predicted molar refractivity (Wildman–Crippen MR) is 107 cm³/mol. The topological polar surface area (TPSA) is 67.6 Å². The fourth-order valence-corrected chi connectivity index (χ4v) is 2.81. The molecule has 8 heteroatoms. The van der Waals surface area contributed by atoms with Crippen molar-refractivity contribution < 1.29 is 9.92 Å². The van der Waals surface area contributed by atoms with Gasteiger partial charge in [0, 0.05) is 24.0 Å². The van der Waals surface area contributed by atoms with Crippen LogP contribution < -0.4 is 10.2 Å². The molecule has 2 rings (SSSR count). The number of hydrogen-bond acceptors (Lipinski definition) is 5. The zero-order valence-corrected chi connectivity index (χ0v) is 16.7. The van der Waals surface area contributed by atoms with E-state index in [1.807, 2.05) is 25.4 Å². The molecule has 1 aliphatic heterocycles. The van der Waals surface area contributed by atoms with E-state index in [1.165, 1.54) is 5.56 Å². The van der Waals surface area contributed by atoms with Crippen molar-refractivity contribution in [3.05, 3.63) is 51.2 Å². The first-order chi connectivity index (χ1) is 11.1. The molecular weight excluding hydrogens is 445 g/mol. The highest BCUT2D eigenvalue weighted by atomic mass is 127. The third kappa shape index (κ3) is 6.45. The Morgan fingerprint density at radius 1 is 1.33 bits per heavy atom. The Hall–Kier alpha value is -1.06. The summed E-state index contributed by atoms with van der Waals surface area (Å²) in [7, 11) is 2.01. The molecule has 1 N–H and O–H groups in total. The first-order valence-corrected chi connectivity index (χ1v) is 8.17. The molecule has 0 saturated heterocycles. The van der Waals surface area contributed by atoms with Gasteiger partial charge in [0.05, 0.1) is 12.6 Å². The van der Waals surface area contributed by atoms with Crippen molar-refractivity contribution in [2.75, 3.05) is 25.1 Å². The van der Waals surface area contributed by atoms with Crippen LogP contribution in [0.1, 0.15) is 37.3 Å². The molecule has 0 aromatic heterocycles. The van der Waals surface area contributed by atoms with Crippen LogP contribution in [0.25, 0.3) is 0 Å². The zero-order valence-electron chi connectivity index (χ0n) is 13.6. The number of halogens is 2. The second-order valence-corrected chi connectivity index (χ2v) is 5.99. The molecule has 1 aliphatic rings. The van der Waals surface area contributed by atoms with Crippen LogP contribution in [0, 0.1) is 10.1 Å². The number of anilines is 1. The highest BCUT2D eigenvalue weighted by Gasteiger charge is 2.18. The van der Waals surface area contributed by atoms with Crippen LogP contribution in [0.5, 0.6) is 0 Å². The molecule has 1 atom stereocenters. The van der Waals surface area contributed by atoms with Gasteiger partial charge in [0.1, 0.15) is 0 Å². The molecule has 0 radical (unpaired) electrons. The molecule has 6 nitrogen and oxygen atoms in total. The largest absolute Gasteiger partial charge is 0.351 e. The number of hydrogen-bond donors (Lipinski definition) is 1. The molecule has 0 spiro atoms. The van der Waals surface area contributed by atoms with Gasteiger partial charge in [0.15, 0.2) is 0 Å². The number of fused-ring (bicyclic) bond motifs is 1. The van der Waals surface area contributed by atoms with Gasteiger partial charge in [-0.25, -0.2) is 0 Å². The van der Waals surface area contributed by atoms with E-state index in [9.17, 15) is 10.1 Å². The lowest BCUT2D eigenvalue weighted by Crippen LogP contribution is -2.26. The van der Waals surface area contributed by atoms with E-state index in [4.69, 9.17) is 11.6 Å². The lowest BCUT2D eigenvalue weighted by molar-refractivity contribution is -0.757. The van der Waals surface area contributed by atoms with E-state index in [-0.39, 0.29) is 36.6 Å². The predicted octanol–water partition coefficient (Wildman–Crippen LogP) is 4.32. The molecule has 1 unspecified atom stereocenters. The van der Waals surface area contributed by atoms with Gasteiger partial charge >= 0.3 is 0 Å². The fourth-order valence-electron chi connectivity index (χ4n) is 2.64. The zero-order chi connectivity index (χ0) is 16.7. The maximum absolute atomic E-state index is 10.0. The van der Waals surface area contributed by atoms with Gasteiger partial charge in [0.25, 0.3) is 5.09 Å². The van der Waals surface area contributed by atoms with Crippen LogP contribution in [-0.4, -0.2) is 25.3 Å². The van der Waals surface area contributed by atoms with Crippen molar-refractivity contribution in [1.82, 2.24) is 5.32 Å². The molecular formula is C16H23ClIN3O3. The number of benzene rings is 1. The number of nitrogens with zero attached hydrogens (tertiary/aromatic N) is 2. The van der Waals surface area contributed by atoms with E-state index < -0.39 is 5.09 Å². The Bertz CT molecular complexity index is 571. The van der Waals surface area contributed by atoms with Crippen LogP contribution in [0.15, 0.2) is 30.5 Å². The van der Waals surface area contributed by atoms with Crippen molar-refractivity contribution in [2.24, 2.45) is 0 Å². The second kappa shape index (κ2) is 10.7. The van der Waals surface area contributed by atoms with Crippen molar-refractivity contribution >= 4 is 41.3 Å². The summed E-state index contributed by atoms with van der Waals surface area (Å²) in [5, 5.41) is 13.5. The Labute approximate surface area is 164 Å². The van der Waals surface area contributed by atoms with Crippen molar-refractivity contribution in [3.8, 4) is 0 Å². The van der Waals surface area contributed by atoms with Gasteiger partial charge in [-0.05, 0) is 43.2 Å². The quantitative estimate of drug-likeness (QED) is 0.253. The van der Waals surface area contributed by atoms with E-state index in [2.05, 4.69) is 27.2 Å². The van der Waals surface area contributed by atoms with Crippen molar-refractivity contribution in [1.29, 1.82) is 0 Å². The average Bonchev–Trinajstić information content (AvgIpc) is 2.52. The molecule has 134 valence electrons. The molecule has 0 amide bonds. The minimum absolute atomic E-state index is 0. The minimum Gasteiger partial charge on any atom is -0.351 e. The standard InChI is InChI=1S/C16H22ClN3O3.HI/c1-19-10-8-15(14-7-6-13(17)12-16(14)19)18-9-4-2-3-5-11-23-20(21)22;/h6-8,10,12,15,18H,2-5,9,11H2,1H3;1H. The van der Waals surface area contributed by atoms with Crippen LogP contribution in [-0.2, 0) is 4.84 Å². The number of nitrogens with one attached hydrogen (secondary N) is 1. The summed E-state index contributed by atoms with van der Waals surface area (Å²) in [5.74, 6) is 0. The first kappa shape index (κ1) is 21.0. The SMILES string of the molecule is CN1C=CC(NCCCCCCO[N+](=O)[O-])c2ccc(Cl)cc21.I. The summed E-state index contributed by atoms with van der Waals surface area (Å²) in [5.41, 5.74) is 2.34. The van der Waals surface area contributed by atoms with E-state index in [0.29, 0.717) is 0 Å². The lowest BCUT2D eigenvalue weighted by atomic mass is 10.0. The Morgan fingerprint density at radius 2 is 2.08 bits per heavy atom. The van der Waals surface area contributed by atoms with Crippen molar-refractivity contribution in [3.63, 3.8) is 0 Å². The van der Waals surface area contributed by atoms with Crippen LogP contribution >= 0.6 is 35.6 Å². The monoisotopic (exact) mass is 467 g/mol. The summed E-state index contributed by atoms with van der Waals surface area (Å²) >= 11 is 6.07. The molecule has 0 bridgehead atoms. The average molecular weight is 468 g/mol. The summed E-state index contributed by atoms with van der Waals surface area (Å²) in [6, 6.07) is 6.14. The molecule has 0 saturated carbocycles. The van der Waals surface area contributed by atoms with E-state index in [0.717, 1.165) is 42.9 Å². The van der Waals surface area contributed by atoms with Crippen LogP contribution in [0.4, 0.5) is 5.69 Å². The smallest absolute Gasteiger partial charge is 0.294 e.